The number of methoxy groups -OCH3 is 1. The van der Waals surface area contributed by atoms with E-state index in [4.69, 9.17) is 19.3 Å². The van der Waals surface area contributed by atoms with Crippen molar-refractivity contribution < 1.29 is 34.0 Å². The number of carboxylic acids is 1. The third-order valence-corrected chi connectivity index (χ3v) is 4.44. The number of aliphatic carboxylic acids is 1. The van der Waals surface area contributed by atoms with Gasteiger partial charge in [-0.15, -0.1) is 0 Å². The van der Waals surface area contributed by atoms with Crippen LogP contribution in [0.2, 0.25) is 0 Å². The summed E-state index contributed by atoms with van der Waals surface area (Å²) >= 11 is 0. The molecule has 1 saturated heterocycles. The Morgan fingerprint density at radius 3 is 2.54 bits per heavy atom. The smallest absolute Gasteiger partial charge is 0.332 e. The molecule has 7 heteroatoms. The first-order valence-electron chi connectivity index (χ1n) is 8.59. The van der Waals surface area contributed by atoms with E-state index < -0.39 is 29.9 Å². The molecule has 26 heavy (non-hydrogen) atoms. The molecule has 0 amide bonds. The lowest BCUT2D eigenvalue weighted by atomic mass is 9.82. The molecule has 0 saturated carbocycles. The molecule has 0 spiro atoms. The molecule has 0 aliphatic carbocycles. The van der Waals surface area contributed by atoms with Gasteiger partial charge in [-0.25, -0.2) is 4.79 Å². The fourth-order valence-electron chi connectivity index (χ4n) is 2.88. The molecule has 2 unspecified atom stereocenters. The summed E-state index contributed by atoms with van der Waals surface area (Å²) in [5.74, 6) is -0.677. The van der Waals surface area contributed by atoms with E-state index in [2.05, 4.69) is 0 Å². The van der Waals surface area contributed by atoms with Gasteiger partial charge in [-0.1, -0.05) is 26.0 Å². The zero-order valence-corrected chi connectivity index (χ0v) is 15.3. The minimum absolute atomic E-state index is 0.0344. The van der Waals surface area contributed by atoms with Gasteiger partial charge in [0.05, 0.1) is 13.7 Å². The molecule has 1 fully saturated rings. The van der Waals surface area contributed by atoms with Crippen molar-refractivity contribution in [3.63, 3.8) is 0 Å². The van der Waals surface area contributed by atoms with E-state index in [1.165, 1.54) is 0 Å². The number of Topliss-reactive ketones (excluding diaryl/α,β-unsaturated/α-hetero) is 1. The Bertz CT molecular complexity index is 623. The molecule has 1 heterocycles. The van der Waals surface area contributed by atoms with Gasteiger partial charge in [-0.2, -0.15) is 0 Å². The van der Waals surface area contributed by atoms with Gasteiger partial charge in [0.25, 0.3) is 0 Å². The third-order valence-electron chi connectivity index (χ3n) is 4.44. The van der Waals surface area contributed by atoms with Gasteiger partial charge in [0.15, 0.2) is 18.2 Å². The summed E-state index contributed by atoms with van der Waals surface area (Å²) in [5.41, 5.74) is 0.297. The van der Waals surface area contributed by atoms with Crippen molar-refractivity contribution in [2.45, 2.75) is 51.6 Å². The number of hydrogen-bond donors (Lipinski definition) is 2. The van der Waals surface area contributed by atoms with Crippen molar-refractivity contribution in [3.8, 4) is 5.75 Å². The van der Waals surface area contributed by atoms with Crippen LogP contribution in [0, 0.1) is 5.41 Å². The number of rotatable bonds is 8. The van der Waals surface area contributed by atoms with E-state index in [9.17, 15) is 14.7 Å². The van der Waals surface area contributed by atoms with Crippen LogP contribution in [0.15, 0.2) is 24.3 Å². The Hall–Kier alpha value is -1.96. The maximum atomic E-state index is 12.6. The van der Waals surface area contributed by atoms with Crippen molar-refractivity contribution >= 4 is 11.8 Å². The molecule has 2 rings (SSSR count). The molecule has 1 aromatic rings. The van der Waals surface area contributed by atoms with Crippen LogP contribution in [0.25, 0.3) is 0 Å². The number of carbonyl (C=O) groups excluding carboxylic acids is 1. The second-order valence-electron chi connectivity index (χ2n) is 7.13. The summed E-state index contributed by atoms with van der Waals surface area (Å²) in [6, 6.07) is 7.25. The maximum absolute atomic E-state index is 12.6. The Morgan fingerprint density at radius 2 is 1.96 bits per heavy atom. The fraction of sp³-hybridized carbons (Fsp3) is 0.579. The van der Waals surface area contributed by atoms with Crippen LogP contribution in [-0.4, -0.2) is 47.9 Å². The quantitative estimate of drug-likeness (QED) is 0.728. The van der Waals surface area contributed by atoms with Crippen LogP contribution in [-0.2, 0) is 19.1 Å². The van der Waals surface area contributed by atoms with Crippen LogP contribution in [0.5, 0.6) is 5.75 Å². The van der Waals surface area contributed by atoms with Gasteiger partial charge < -0.3 is 24.4 Å². The Kier molecular flexibility index (Phi) is 6.75. The summed E-state index contributed by atoms with van der Waals surface area (Å²) in [6.07, 6.45) is -2.28. The van der Waals surface area contributed by atoms with Crippen molar-refractivity contribution in [1.82, 2.24) is 0 Å². The minimum atomic E-state index is -1.45. The highest BCUT2D eigenvalue weighted by molar-refractivity contribution is 5.84. The molecule has 1 aliphatic heterocycles. The van der Waals surface area contributed by atoms with E-state index >= 15 is 0 Å². The molecule has 0 radical (unpaired) electrons. The van der Waals surface area contributed by atoms with Crippen LogP contribution in [0.1, 0.15) is 45.0 Å². The topological polar surface area (TPSA) is 102 Å². The van der Waals surface area contributed by atoms with Gasteiger partial charge in [0, 0.05) is 17.4 Å². The second kappa shape index (κ2) is 8.62. The molecular weight excluding hydrogens is 340 g/mol. The molecular formula is C19H26O7. The highest BCUT2D eigenvalue weighted by Gasteiger charge is 2.42. The first-order valence-corrected chi connectivity index (χ1v) is 8.59. The number of hydrogen-bond acceptors (Lipinski definition) is 6. The van der Waals surface area contributed by atoms with E-state index in [0.717, 1.165) is 11.3 Å². The van der Waals surface area contributed by atoms with E-state index in [1.807, 2.05) is 26.0 Å². The predicted molar refractivity (Wildman–Crippen MR) is 92.8 cm³/mol. The monoisotopic (exact) mass is 366 g/mol. The number of ether oxygens (including phenoxy) is 3. The Balaban J connectivity index is 2.00. The molecule has 1 aliphatic rings. The SMILES string of the molecule is COc1ccc(C2OCC(C)(C)[C@H](C(=O)CCCC(O)C(=O)O)O2)cc1. The number of ketones is 1. The first-order chi connectivity index (χ1) is 12.2. The lowest BCUT2D eigenvalue weighted by molar-refractivity contribution is -0.257. The van der Waals surface area contributed by atoms with Gasteiger partial charge in [-0.05, 0) is 25.0 Å². The van der Waals surface area contributed by atoms with Crippen molar-refractivity contribution in [2.75, 3.05) is 13.7 Å². The molecule has 1 aromatic carbocycles. The van der Waals surface area contributed by atoms with Gasteiger partial charge >= 0.3 is 5.97 Å². The highest BCUT2D eigenvalue weighted by atomic mass is 16.7. The summed E-state index contributed by atoms with van der Waals surface area (Å²) in [7, 11) is 1.58. The molecule has 0 bridgehead atoms. The van der Waals surface area contributed by atoms with Crippen LogP contribution < -0.4 is 4.74 Å². The normalized spacial score (nSPS) is 23.2. The number of benzene rings is 1. The van der Waals surface area contributed by atoms with Gasteiger partial charge in [0.2, 0.25) is 0 Å². The van der Waals surface area contributed by atoms with Crippen LogP contribution in [0.4, 0.5) is 0 Å². The van der Waals surface area contributed by atoms with E-state index in [-0.39, 0.29) is 25.0 Å². The predicted octanol–water partition coefficient (Wildman–Crippen LogP) is 2.32. The summed E-state index contributed by atoms with van der Waals surface area (Å²) in [4.78, 5) is 23.3. The number of carboxylic acid groups (broad SMARTS) is 1. The van der Waals surface area contributed by atoms with Crippen molar-refractivity contribution in [1.29, 1.82) is 0 Å². The number of aliphatic hydroxyl groups is 1. The van der Waals surface area contributed by atoms with Gasteiger partial charge in [-0.3, -0.25) is 4.79 Å². The largest absolute Gasteiger partial charge is 0.497 e. The summed E-state index contributed by atoms with van der Waals surface area (Å²) in [6.45, 7) is 4.15. The molecule has 0 aromatic heterocycles. The number of aliphatic hydroxyl groups excluding tert-OH is 1. The molecule has 2 N–H and O–H groups in total. The highest BCUT2D eigenvalue weighted by Crippen LogP contribution is 2.37. The van der Waals surface area contributed by atoms with E-state index in [0.29, 0.717) is 6.61 Å². The molecule has 144 valence electrons. The summed E-state index contributed by atoms with van der Waals surface area (Å²) in [5, 5.41) is 18.0. The van der Waals surface area contributed by atoms with Crippen LogP contribution >= 0.6 is 0 Å². The zero-order chi connectivity index (χ0) is 19.3. The van der Waals surface area contributed by atoms with Crippen molar-refractivity contribution in [2.24, 2.45) is 5.41 Å². The second-order valence-corrected chi connectivity index (χ2v) is 7.13. The van der Waals surface area contributed by atoms with E-state index in [1.54, 1.807) is 19.2 Å². The third kappa shape index (κ3) is 5.03. The first kappa shape index (κ1) is 20.4. The Labute approximate surface area is 152 Å². The van der Waals surface area contributed by atoms with Crippen LogP contribution in [0.3, 0.4) is 0 Å². The standard InChI is InChI=1S/C19H26O7/c1-19(2)11-25-18(12-7-9-13(24-3)10-8-12)26-16(19)14(20)5-4-6-15(21)17(22)23/h7-10,15-16,18,21H,4-6,11H2,1-3H3,(H,22,23)/t15?,16-,18?/m0/s1. The minimum Gasteiger partial charge on any atom is -0.497 e. The summed E-state index contributed by atoms with van der Waals surface area (Å²) < 4.78 is 16.8. The fourth-order valence-corrected chi connectivity index (χ4v) is 2.88. The van der Waals surface area contributed by atoms with Gasteiger partial charge in [0.1, 0.15) is 11.9 Å². The maximum Gasteiger partial charge on any atom is 0.332 e. The zero-order valence-electron chi connectivity index (χ0n) is 15.3. The lowest BCUT2D eigenvalue weighted by Crippen LogP contribution is -2.47. The number of carbonyl (C=O) groups is 2. The molecule has 3 atom stereocenters. The average molecular weight is 366 g/mol. The molecule has 7 nitrogen and oxygen atoms in total. The Morgan fingerprint density at radius 1 is 1.31 bits per heavy atom. The average Bonchev–Trinajstić information content (AvgIpc) is 2.61. The lowest BCUT2D eigenvalue weighted by Gasteiger charge is -2.41. The van der Waals surface area contributed by atoms with Crippen molar-refractivity contribution in [3.05, 3.63) is 29.8 Å².